The molecule has 1 unspecified atom stereocenters. The molecule has 174 valence electrons. The van der Waals surface area contributed by atoms with Gasteiger partial charge in [0.1, 0.15) is 11.4 Å². The highest BCUT2D eigenvalue weighted by Gasteiger charge is 2.54. The fraction of sp³-hybridized carbons (Fsp3) is 0.231. The van der Waals surface area contributed by atoms with Crippen LogP contribution in [0.15, 0.2) is 66.7 Å². The van der Waals surface area contributed by atoms with Crippen molar-refractivity contribution in [3.05, 3.63) is 83.4 Å². The number of nitrogen functional groups attached to an aromatic ring is 1. The van der Waals surface area contributed by atoms with Crippen LogP contribution in [-0.4, -0.2) is 45.2 Å². The van der Waals surface area contributed by atoms with Crippen LogP contribution in [0.25, 0.3) is 10.8 Å². The van der Waals surface area contributed by atoms with Crippen LogP contribution in [0.1, 0.15) is 36.5 Å². The molecule has 1 atom stereocenters. The highest BCUT2D eigenvalue weighted by Crippen LogP contribution is 2.38. The second-order valence-electron chi connectivity index (χ2n) is 8.57. The van der Waals surface area contributed by atoms with Gasteiger partial charge in [0.25, 0.3) is 5.91 Å². The smallest absolute Gasteiger partial charge is 0.328 e. The molecule has 0 saturated carbocycles. The van der Waals surface area contributed by atoms with E-state index in [1.54, 1.807) is 31.2 Å². The lowest BCUT2D eigenvalue weighted by molar-refractivity contribution is -0.137. The van der Waals surface area contributed by atoms with E-state index in [4.69, 9.17) is 16.2 Å². The predicted octanol–water partition coefficient (Wildman–Crippen LogP) is 3.67. The second kappa shape index (κ2) is 8.97. The van der Waals surface area contributed by atoms with E-state index in [1.165, 1.54) is 9.80 Å². The zero-order valence-electron chi connectivity index (χ0n) is 18.8. The number of carbonyl (C=O) groups excluding carboxylic acids is 2. The molecule has 1 saturated heterocycles. The number of urea groups is 1. The molecule has 3 aromatic carbocycles. The van der Waals surface area contributed by atoms with Crippen molar-refractivity contribution < 1.29 is 19.5 Å². The third-order valence-electron chi connectivity index (χ3n) is 6.33. The standard InChI is InChI=1S/C26H26N4O4/c1-26(21-6-3-2-4-7-21)24(33)29(25(34)30(26)13-5-8-22(31)32)16-17-9-10-18-11-12-19(23(27)28)15-20(18)14-17/h2-4,6-7,9-12,14-15H,5,8,13,16H2,1H3,(H3,27,28)(H,31,32). The summed E-state index contributed by atoms with van der Waals surface area (Å²) in [5.74, 6) is -1.33. The Morgan fingerprint density at radius 1 is 1.03 bits per heavy atom. The Bertz CT molecular complexity index is 1290. The molecular weight excluding hydrogens is 432 g/mol. The topological polar surface area (TPSA) is 128 Å². The van der Waals surface area contributed by atoms with Gasteiger partial charge in [0.05, 0.1) is 6.54 Å². The van der Waals surface area contributed by atoms with Gasteiger partial charge in [-0.1, -0.05) is 54.6 Å². The molecule has 3 aromatic rings. The van der Waals surface area contributed by atoms with Crippen molar-refractivity contribution in [3.8, 4) is 0 Å². The Hall–Kier alpha value is -4.20. The zero-order valence-corrected chi connectivity index (χ0v) is 18.8. The van der Waals surface area contributed by atoms with Gasteiger partial charge in [-0.05, 0) is 47.4 Å². The van der Waals surface area contributed by atoms with Crippen LogP contribution in [0.3, 0.4) is 0 Å². The number of carboxylic acids is 1. The van der Waals surface area contributed by atoms with Gasteiger partial charge >= 0.3 is 12.0 Å². The van der Waals surface area contributed by atoms with E-state index in [9.17, 15) is 14.4 Å². The van der Waals surface area contributed by atoms with Crippen LogP contribution in [-0.2, 0) is 21.7 Å². The summed E-state index contributed by atoms with van der Waals surface area (Å²) in [5, 5.41) is 18.5. The molecule has 8 nitrogen and oxygen atoms in total. The van der Waals surface area contributed by atoms with Crippen LogP contribution in [0.4, 0.5) is 4.79 Å². The highest BCUT2D eigenvalue weighted by molar-refractivity contribution is 6.07. The van der Waals surface area contributed by atoms with E-state index >= 15 is 0 Å². The maximum absolute atomic E-state index is 13.7. The van der Waals surface area contributed by atoms with E-state index in [-0.39, 0.29) is 37.7 Å². The number of nitrogens with one attached hydrogen (secondary N) is 1. The summed E-state index contributed by atoms with van der Waals surface area (Å²) in [6.07, 6.45) is 0.153. The third kappa shape index (κ3) is 4.10. The predicted molar refractivity (Wildman–Crippen MR) is 128 cm³/mol. The Morgan fingerprint density at radius 2 is 1.74 bits per heavy atom. The summed E-state index contributed by atoms with van der Waals surface area (Å²) < 4.78 is 0. The average molecular weight is 459 g/mol. The van der Waals surface area contributed by atoms with Crippen molar-refractivity contribution >= 4 is 34.5 Å². The lowest BCUT2D eigenvalue weighted by atomic mass is 9.90. The quantitative estimate of drug-likeness (QED) is 0.270. The summed E-state index contributed by atoms with van der Waals surface area (Å²) in [7, 11) is 0. The van der Waals surface area contributed by atoms with Crippen LogP contribution in [0.2, 0.25) is 0 Å². The summed E-state index contributed by atoms with van der Waals surface area (Å²) >= 11 is 0. The first-order valence-corrected chi connectivity index (χ1v) is 11.0. The number of hydrogen-bond acceptors (Lipinski definition) is 4. The molecule has 1 aliphatic heterocycles. The number of imide groups is 1. The molecule has 4 rings (SSSR count). The van der Waals surface area contributed by atoms with Gasteiger partial charge in [-0.15, -0.1) is 0 Å². The zero-order chi connectivity index (χ0) is 24.5. The highest BCUT2D eigenvalue weighted by atomic mass is 16.4. The lowest BCUT2D eigenvalue weighted by Gasteiger charge is -2.32. The van der Waals surface area contributed by atoms with Crippen LogP contribution < -0.4 is 5.73 Å². The monoisotopic (exact) mass is 458 g/mol. The van der Waals surface area contributed by atoms with Crippen molar-refractivity contribution in [3.63, 3.8) is 0 Å². The molecule has 1 fully saturated rings. The SMILES string of the molecule is CC1(c2ccccc2)C(=O)N(Cc2ccc3ccc(C(=N)N)cc3c2)C(=O)N1CCCC(=O)O. The number of aliphatic carboxylic acids is 1. The minimum absolute atomic E-state index is 0.0344. The second-order valence-corrected chi connectivity index (χ2v) is 8.57. The van der Waals surface area contributed by atoms with Crippen molar-refractivity contribution in [1.82, 2.24) is 9.80 Å². The van der Waals surface area contributed by atoms with Crippen LogP contribution >= 0.6 is 0 Å². The normalized spacial score (nSPS) is 18.0. The maximum atomic E-state index is 13.7. The van der Waals surface area contributed by atoms with Gasteiger partial charge in [-0.3, -0.25) is 19.9 Å². The van der Waals surface area contributed by atoms with E-state index < -0.39 is 17.5 Å². The van der Waals surface area contributed by atoms with Crippen molar-refractivity contribution in [2.24, 2.45) is 5.73 Å². The first-order chi connectivity index (χ1) is 16.2. The van der Waals surface area contributed by atoms with Crippen molar-refractivity contribution in [2.45, 2.75) is 31.8 Å². The molecule has 8 heteroatoms. The van der Waals surface area contributed by atoms with Crippen LogP contribution in [0, 0.1) is 5.41 Å². The first-order valence-electron chi connectivity index (χ1n) is 11.0. The number of rotatable bonds is 8. The molecule has 0 aliphatic carbocycles. The number of fused-ring (bicyclic) bond motifs is 1. The van der Waals surface area contributed by atoms with Gasteiger partial charge in [0, 0.05) is 18.5 Å². The number of amides is 3. The largest absolute Gasteiger partial charge is 0.481 e. The minimum atomic E-state index is -1.23. The lowest BCUT2D eigenvalue weighted by Crippen LogP contribution is -2.44. The number of carbonyl (C=O) groups is 3. The first kappa shape index (κ1) is 23.0. The fourth-order valence-corrected chi connectivity index (χ4v) is 4.44. The fourth-order valence-electron chi connectivity index (χ4n) is 4.44. The van der Waals surface area contributed by atoms with Gasteiger partial charge in [-0.2, -0.15) is 0 Å². The minimum Gasteiger partial charge on any atom is -0.481 e. The summed E-state index contributed by atoms with van der Waals surface area (Å²) in [5.41, 5.74) is 6.42. The molecular formula is C26H26N4O4. The molecule has 0 aromatic heterocycles. The van der Waals surface area contributed by atoms with Gasteiger partial charge in [-0.25, -0.2) is 4.79 Å². The Balaban J connectivity index is 1.67. The number of hydrogen-bond donors (Lipinski definition) is 3. The molecule has 3 amide bonds. The Labute approximate surface area is 197 Å². The molecule has 1 heterocycles. The van der Waals surface area contributed by atoms with Gasteiger partial charge < -0.3 is 15.7 Å². The average Bonchev–Trinajstić information content (AvgIpc) is 3.00. The third-order valence-corrected chi connectivity index (χ3v) is 6.33. The van der Waals surface area contributed by atoms with Crippen LogP contribution in [0.5, 0.6) is 0 Å². The van der Waals surface area contributed by atoms with E-state index in [0.29, 0.717) is 11.1 Å². The Kier molecular flexibility index (Phi) is 6.06. The summed E-state index contributed by atoms with van der Waals surface area (Å²) in [6, 6.07) is 19.7. The van der Waals surface area contributed by atoms with Gasteiger partial charge in [0.15, 0.2) is 0 Å². The summed E-state index contributed by atoms with van der Waals surface area (Å²) in [6.45, 7) is 1.94. The number of amidine groups is 1. The van der Waals surface area contributed by atoms with Crippen molar-refractivity contribution in [2.75, 3.05) is 6.54 Å². The Morgan fingerprint density at radius 3 is 2.41 bits per heavy atom. The molecule has 0 radical (unpaired) electrons. The number of nitrogens with zero attached hydrogens (tertiary/aromatic N) is 2. The molecule has 4 N–H and O–H groups in total. The maximum Gasteiger partial charge on any atom is 0.328 e. The molecule has 1 aliphatic rings. The number of carboxylic acid groups (broad SMARTS) is 1. The number of benzene rings is 3. The van der Waals surface area contributed by atoms with E-state index in [0.717, 1.165) is 16.3 Å². The summed E-state index contributed by atoms with van der Waals surface area (Å²) in [4.78, 5) is 40.8. The van der Waals surface area contributed by atoms with Gasteiger partial charge in [0.2, 0.25) is 0 Å². The van der Waals surface area contributed by atoms with E-state index in [2.05, 4.69) is 0 Å². The number of nitrogens with two attached hydrogens (primary N) is 1. The van der Waals surface area contributed by atoms with E-state index in [1.807, 2.05) is 42.5 Å². The molecule has 0 bridgehead atoms. The molecule has 0 spiro atoms. The molecule has 34 heavy (non-hydrogen) atoms. The van der Waals surface area contributed by atoms with Crippen molar-refractivity contribution in [1.29, 1.82) is 5.41 Å².